The third-order valence-corrected chi connectivity index (χ3v) is 5.61. The maximum Gasteiger partial charge on any atom is 0.319 e. The number of amides is 3. The monoisotopic (exact) mass is 488 g/mol. The van der Waals surface area contributed by atoms with Crippen LogP contribution in [0.25, 0.3) is 0 Å². The number of nitro groups is 1. The van der Waals surface area contributed by atoms with E-state index in [2.05, 4.69) is 16.0 Å². The lowest BCUT2D eigenvalue weighted by molar-refractivity contribution is -0.384. The molecule has 0 aromatic heterocycles. The van der Waals surface area contributed by atoms with Crippen molar-refractivity contribution in [2.75, 3.05) is 12.4 Å². The van der Waals surface area contributed by atoms with Gasteiger partial charge in [-0.25, -0.2) is 4.79 Å². The number of hydrogen-bond acceptors (Lipinski definition) is 6. The SMILES string of the molecule is COc1cc(C2NC(=O)NC(C)=C2C(=O)Nc2ccc([N+](=O)[O-])cc2)ccc1OCc1ccccc1. The quantitative estimate of drug-likeness (QED) is 0.317. The van der Waals surface area contributed by atoms with E-state index in [1.54, 1.807) is 25.1 Å². The minimum atomic E-state index is -0.770. The Hall–Kier alpha value is -4.86. The van der Waals surface area contributed by atoms with Crippen LogP contribution >= 0.6 is 0 Å². The van der Waals surface area contributed by atoms with Crippen LogP contribution in [0.3, 0.4) is 0 Å². The molecule has 0 spiro atoms. The molecule has 0 saturated carbocycles. The second kappa shape index (κ2) is 10.6. The third-order valence-electron chi connectivity index (χ3n) is 5.61. The fraction of sp³-hybridized carbons (Fsp3) is 0.154. The van der Waals surface area contributed by atoms with E-state index in [0.717, 1.165) is 5.56 Å². The van der Waals surface area contributed by atoms with E-state index >= 15 is 0 Å². The van der Waals surface area contributed by atoms with E-state index in [4.69, 9.17) is 9.47 Å². The van der Waals surface area contributed by atoms with E-state index in [-0.39, 0.29) is 11.3 Å². The van der Waals surface area contributed by atoms with E-state index in [0.29, 0.717) is 35.1 Å². The highest BCUT2D eigenvalue weighted by molar-refractivity contribution is 6.06. The van der Waals surface area contributed by atoms with Crippen LogP contribution in [0.4, 0.5) is 16.2 Å². The van der Waals surface area contributed by atoms with Gasteiger partial charge in [0.1, 0.15) is 6.61 Å². The van der Waals surface area contributed by atoms with Gasteiger partial charge in [-0.15, -0.1) is 0 Å². The molecule has 184 valence electrons. The third kappa shape index (κ3) is 5.44. The van der Waals surface area contributed by atoms with Crippen molar-refractivity contribution >= 4 is 23.3 Å². The summed E-state index contributed by atoms with van der Waals surface area (Å²) in [7, 11) is 1.51. The lowest BCUT2D eigenvalue weighted by atomic mass is 9.94. The van der Waals surface area contributed by atoms with E-state index in [1.165, 1.54) is 31.4 Å². The first-order valence-electron chi connectivity index (χ1n) is 11.0. The minimum absolute atomic E-state index is 0.0884. The summed E-state index contributed by atoms with van der Waals surface area (Å²) < 4.78 is 11.4. The lowest BCUT2D eigenvalue weighted by Gasteiger charge is -2.29. The summed E-state index contributed by atoms with van der Waals surface area (Å²) in [6.45, 7) is 1.98. The Bertz CT molecular complexity index is 1320. The Morgan fingerprint density at radius 2 is 1.78 bits per heavy atom. The Morgan fingerprint density at radius 1 is 1.06 bits per heavy atom. The van der Waals surface area contributed by atoms with Crippen LogP contribution in [0.2, 0.25) is 0 Å². The van der Waals surface area contributed by atoms with Gasteiger partial charge in [0.2, 0.25) is 0 Å². The van der Waals surface area contributed by atoms with E-state index in [9.17, 15) is 19.7 Å². The molecule has 1 unspecified atom stereocenters. The standard InChI is InChI=1S/C26H24N4O6/c1-16-23(25(31)28-19-9-11-20(12-10-19)30(33)34)24(29-26(32)27-16)18-8-13-21(22(14-18)35-2)36-15-17-6-4-3-5-7-17/h3-14,24H,15H2,1-2H3,(H,28,31)(H2,27,29,32). The van der Waals surface area contributed by atoms with Gasteiger partial charge < -0.3 is 25.4 Å². The molecule has 3 aromatic rings. The van der Waals surface area contributed by atoms with Crippen LogP contribution < -0.4 is 25.4 Å². The molecule has 10 heteroatoms. The predicted octanol–water partition coefficient (Wildman–Crippen LogP) is 4.45. The summed E-state index contributed by atoms with van der Waals surface area (Å²) >= 11 is 0. The predicted molar refractivity (Wildman–Crippen MR) is 133 cm³/mol. The van der Waals surface area contributed by atoms with Crippen molar-refractivity contribution in [3.63, 3.8) is 0 Å². The maximum atomic E-state index is 13.2. The molecule has 1 heterocycles. The number of carbonyl (C=O) groups excluding carboxylic acids is 2. The van der Waals surface area contributed by atoms with Gasteiger partial charge in [0, 0.05) is 23.5 Å². The van der Waals surface area contributed by atoms with Gasteiger partial charge in [-0.2, -0.15) is 0 Å². The van der Waals surface area contributed by atoms with Gasteiger partial charge in [-0.3, -0.25) is 14.9 Å². The largest absolute Gasteiger partial charge is 0.493 e. The molecule has 0 saturated heterocycles. The number of nitrogens with zero attached hydrogens (tertiary/aromatic N) is 1. The molecule has 0 radical (unpaired) electrons. The number of methoxy groups -OCH3 is 1. The molecule has 0 fully saturated rings. The first-order chi connectivity index (χ1) is 17.4. The van der Waals surface area contributed by atoms with Gasteiger partial charge >= 0.3 is 6.03 Å². The molecule has 1 aliphatic heterocycles. The Balaban J connectivity index is 1.58. The van der Waals surface area contributed by atoms with Crippen LogP contribution in [0, 0.1) is 10.1 Å². The highest BCUT2D eigenvalue weighted by atomic mass is 16.6. The summed E-state index contributed by atoms with van der Waals surface area (Å²) in [5.74, 6) is 0.495. The van der Waals surface area contributed by atoms with Crippen molar-refractivity contribution < 1.29 is 24.0 Å². The second-order valence-electron chi connectivity index (χ2n) is 8.01. The molecule has 0 aliphatic carbocycles. The molecule has 1 atom stereocenters. The molecule has 1 aliphatic rings. The van der Waals surface area contributed by atoms with Gasteiger partial charge in [-0.1, -0.05) is 36.4 Å². The summed E-state index contributed by atoms with van der Waals surface area (Å²) in [4.78, 5) is 35.8. The first kappa shape index (κ1) is 24.3. The minimum Gasteiger partial charge on any atom is -0.493 e. The number of non-ortho nitro benzene ring substituents is 1. The molecule has 3 N–H and O–H groups in total. The van der Waals surface area contributed by atoms with Gasteiger partial charge in [-0.05, 0) is 42.3 Å². The molecule has 36 heavy (non-hydrogen) atoms. The average Bonchev–Trinajstić information content (AvgIpc) is 2.87. The number of anilines is 1. The van der Waals surface area contributed by atoms with Crippen molar-refractivity contribution in [3.05, 3.63) is 105 Å². The van der Waals surface area contributed by atoms with Crippen molar-refractivity contribution in [1.29, 1.82) is 0 Å². The second-order valence-corrected chi connectivity index (χ2v) is 8.01. The summed E-state index contributed by atoms with van der Waals surface area (Å²) in [5.41, 5.74) is 2.57. The van der Waals surface area contributed by atoms with E-state index < -0.39 is 22.9 Å². The van der Waals surface area contributed by atoms with Crippen LogP contribution in [-0.4, -0.2) is 24.0 Å². The number of urea groups is 1. The zero-order valence-corrected chi connectivity index (χ0v) is 19.6. The zero-order chi connectivity index (χ0) is 25.7. The molecule has 10 nitrogen and oxygen atoms in total. The molecule has 4 rings (SSSR count). The van der Waals surface area contributed by atoms with Gasteiger partial charge in [0.25, 0.3) is 11.6 Å². The smallest absolute Gasteiger partial charge is 0.319 e. The van der Waals surface area contributed by atoms with Crippen molar-refractivity contribution in [3.8, 4) is 11.5 Å². The highest BCUT2D eigenvalue weighted by Gasteiger charge is 2.32. The first-order valence-corrected chi connectivity index (χ1v) is 11.0. The fourth-order valence-electron chi connectivity index (χ4n) is 3.83. The number of allylic oxidation sites excluding steroid dienone is 1. The van der Waals surface area contributed by atoms with Gasteiger partial charge in [0.05, 0.1) is 23.6 Å². The van der Waals surface area contributed by atoms with Gasteiger partial charge in [0.15, 0.2) is 11.5 Å². The molecular weight excluding hydrogens is 464 g/mol. The van der Waals surface area contributed by atoms with Crippen LogP contribution in [0.15, 0.2) is 84.1 Å². The lowest BCUT2D eigenvalue weighted by Crippen LogP contribution is -2.46. The van der Waals surface area contributed by atoms with Crippen LogP contribution in [0.5, 0.6) is 11.5 Å². The summed E-state index contributed by atoms with van der Waals surface area (Å²) in [6.07, 6.45) is 0. The van der Waals surface area contributed by atoms with E-state index in [1.807, 2.05) is 30.3 Å². The Kier molecular flexibility index (Phi) is 7.15. The fourth-order valence-corrected chi connectivity index (χ4v) is 3.83. The number of hydrogen-bond donors (Lipinski definition) is 3. The number of nitrogens with one attached hydrogen (secondary N) is 3. The Labute approximate surface area is 207 Å². The normalized spacial score (nSPS) is 14.9. The zero-order valence-electron chi connectivity index (χ0n) is 19.6. The van der Waals surface area contributed by atoms with Crippen molar-refractivity contribution in [2.24, 2.45) is 0 Å². The van der Waals surface area contributed by atoms with Crippen LogP contribution in [0.1, 0.15) is 24.1 Å². The highest BCUT2D eigenvalue weighted by Crippen LogP contribution is 2.35. The molecule has 3 amide bonds. The van der Waals surface area contributed by atoms with Crippen LogP contribution in [-0.2, 0) is 11.4 Å². The molecule has 3 aromatic carbocycles. The average molecular weight is 489 g/mol. The number of rotatable bonds is 8. The summed E-state index contributed by atoms with van der Waals surface area (Å²) in [6, 6.07) is 19.1. The maximum absolute atomic E-state index is 13.2. The Morgan fingerprint density at radius 3 is 2.44 bits per heavy atom. The van der Waals surface area contributed by atoms with Crippen molar-refractivity contribution in [2.45, 2.75) is 19.6 Å². The number of nitro benzene ring substituents is 1. The molecule has 0 bridgehead atoms. The van der Waals surface area contributed by atoms with Crippen molar-refractivity contribution in [1.82, 2.24) is 10.6 Å². The number of carbonyl (C=O) groups is 2. The summed E-state index contributed by atoms with van der Waals surface area (Å²) in [5, 5.41) is 19.0. The molecular formula is C26H24N4O6. The number of benzene rings is 3. The topological polar surface area (TPSA) is 132 Å². The number of ether oxygens (including phenoxy) is 2.